The second kappa shape index (κ2) is 8.11. The molecule has 1 aliphatic heterocycles. The topological polar surface area (TPSA) is 12.5 Å². The van der Waals surface area contributed by atoms with E-state index in [1.165, 1.54) is 11.1 Å². The summed E-state index contributed by atoms with van der Waals surface area (Å²) in [5.41, 5.74) is 2.86. The highest BCUT2D eigenvalue weighted by Crippen LogP contribution is 2.20. The van der Waals surface area contributed by atoms with Gasteiger partial charge in [0, 0.05) is 19.1 Å². The lowest BCUT2D eigenvalue weighted by Crippen LogP contribution is -2.44. The van der Waals surface area contributed by atoms with Gasteiger partial charge in [0.25, 0.3) is 0 Å². The highest BCUT2D eigenvalue weighted by molar-refractivity contribution is 5.28. The highest BCUT2D eigenvalue weighted by atomic mass is 16.5. The van der Waals surface area contributed by atoms with Gasteiger partial charge in [-0.15, -0.1) is 0 Å². The summed E-state index contributed by atoms with van der Waals surface area (Å²) in [4.78, 5) is 2.60. The van der Waals surface area contributed by atoms with Crippen molar-refractivity contribution in [3.63, 3.8) is 0 Å². The van der Waals surface area contributed by atoms with Gasteiger partial charge in [-0.3, -0.25) is 4.90 Å². The number of hydrogen-bond donors (Lipinski definition) is 0. The minimum absolute atomic E-state index is 0.550. The number of benzene rings is 1. The van der Waals surface area contributed by atoms with Gasteiger partial charge in [0.2, 0.25) is 0 Å². The lowest BCUT2D eigenvalue weighted by atomic mass is 9.96. The molecule has 3 rings (SSSR count). The maximum atomic E-state index is 5.53. The summed E-state index contributed by atoms with van der Waals surface area (Å²) in [6, 6.07) is 11.4. The lowest BCUT2D eigenvalue weighted by molar-refractivity contribution is 0.0168. The Labute approximate surface area is 133 Å². The van der Waals surface area contributed by atoms with Crippen molar-refractivity contribution in [2.45, 2.75) is 25.3 Å². The molecule has 0 radical (unpaired) electrons. The van der Waals surface area contributed by atoms with Crippen LogP contribution in [0.5, 0.6) is 0 Å². The van der Waals surface area contributed by atoms with Crippen LogP contribution in [0, 0.1) is 0 Å². The first-order chi connectivity index (χ1) is 10.9. The summed E-state index contributed by atoms with van der Waals surface area (Å²) in [6.45, 7) is 3.81. The Kier molecular flexibility index (Phi) is 5.63. The first-order valence-electron chi connectivity index (χ1n) is 8.30. The molecule has 1 aromatic carbocycles. The molecule has 0 N–H and O–H groups in total. The van der Waals surface area contributed by atoms with Crippen LogP contribution in [0.1, 0.15) is 18.4 Å². The summed E-state index contributed by atoms with van der Waals surface area (Å²) in [5.74, 6) is 0. The predicted molar refractivity (Wildman–Crippen MR) is 91.9 cm³/mol. The van der Waals surface area contributed by atoms with E-state index in [-0.39, 0.29) is 0 Å². The average Bonchev–Trinajstić information content (AvgIpc) is 2.85. The van der Waals surface area contributed by atoms with Gasteiger partial charge >= 0.3 is 0 Å². The van der Waals surface area contributed by atoms with Crippen LogP contribution in [0.25, 0.3) is 0 Å². The van der Waals surface area contributed by atoms with E-state index in [1.54, 1.807) is 0 Å². The minimum atomic E-state index is 0.550. The van der Waals surface area contributed by atoms with Gasteiger partial charge < -0.3 is 4.74 Å². The number of nitrogens with zero attached hydrogens (tertiary/aromatic N) is 1. The third-order valence-electron chi connectivity index (χ3n) is 4.40. The molecule has 0 saturated carbocycles. The molecule has 22 heavy (non-hydrogen) atoms. The van der Waals surface area contributed by atoms with Gasteiger partial charge in [-0.2, -0.15) is 0 Å². The molecule has 0 bridgehead atoms. The fourth-order valence-electron chi connectivity index (χ4n) is 3.19. The Balaban J connectivity index is 1.73. The second-order valence-corrected chi connectivity index (χ2v) is 6.00. The van der Waals surface area contributed by atoms with Gasteiger partial charge in [0.05, 0.1) is 13.2 Å². The Morgan fingerprint density at radius 1 is 1.00 bits per heavy atom. The maximum absolute atomic E-state index is 5.53. The first-order valence-corrected chi connectivity index (χ1v) is 8.30. The molecule has 2 aliphatic rings. The molecule has 1 saturated heterocycles. The van der Waals surface area contributed by atoms with E-state index >= 15 is 0 Å². The summed E-state index contributed by atoms with van der Waals surface area (Å²) in [6.07, 6.45) is 14.5. The van der Waals surface area contributed by atoms with Gasteiger partial charge in [0.1, 0.15) is 0 Å². The van der Waals surface area contributed by atoms with E-state index < -0.39 is 0 Å². The van der Waals surface area contributed by atoms with Crippen LogP contribution in [-0.4, -0.2) is 37.2 Å². The standard InChI is InChI=1S/C20H25NO/c1-2-5-9-18(8-4-1)16-20(21-12-14-22-15-13-21)17-19-10-6-3-7-11-19/h1,3-11,20H,2,12-17H2. The van der Waals surface area contributed by atoms with E-state index in [2.05, 4.69) is 65.6 Å². The number of morpholine rings is 1. The molecule has 1 atom stereocenters. The van der Waals surface area contributed by atoms with Gasteiger partial charge in [-0.05, 0) is 30.4 Å². The Morgan fingerprint density at radius 3 is 2.64 bits per heavy atom. The van der Waals surface area contributed by atoms with E-state index in [0.29, 0.717) is 6.04 Å². The monoisotopic (exact) mass is 295 g/mol. The van der Waals surface area contributed by atoms with E-state index in [1.807, 2.05) is 0 Å². The number of ether oxygens (including phenoxy) is 1. The van der Waals surface area contributed by atoms with Crippen molar-refractivity contribution in [1.82, 2.24) is 4.90 Å². The Hall–Kier alpha value is -1.64. The summed E-state index contributed by atoms with van der Waals surface area (Å²) in [7, 11) is 0. The molecule has 0 aromatic heterocycles. The molecular formula is C20H25NO. The number of allylic oxidation sites excluding steroid dienone is 5. The number of hydrogen-bond acceptors (Lipinski definition) is 2. The fraction of sp³-hybridized carbons (Fsp3) is 0.400. The zero-order valence-corrected chi connectivity index (χ0v) is 13.2. The predicted octanol–water partition coefficient (Wildman–Crippen LogP) is 3.76. The molecule has 2 nitrogen and oxygen atoms in total. The fourth-order valence-corrected chi connectivity index (χ4v) is 3.19. The molecule has 0 spiro atoms. The first kappa shape index (κ1) is 15.3. The Bertz CT molecular complexity index is 538. The van der Waals surface area contributed by atoms with E-state index in [4.69, 9.17) is 4.74 Å². The van der Waals surface area contributed by atoms with Crippen LogP contribution < -0.4 is 0 Å². The van der Waals surface area contributed by atoms with Gasteiger partial charge in [0.15, 0.2) is 0 Å². The van der Waals surface area contributed by atoms with Crippen LogP contribution in [0.4, 0.5) is 0 Å². The van der Waals surface area contributed by atoms with Crippen molar-refractivity contribution in [2.75, 3.05) is 26.3 Å². The largest absolute Gasteiger partial charge is 0.379 e. The summed E-state index contributed by atoms with van der Waals surface area (Å²) >= 11 is 0. The average molecular weight is 295 g/mol. The second-order valence-electron chi connectivity index (χ2n) is 6.00. The smallest absolute Gasteiger partial charge is 0.0594 e. The quantitative estimate of drug-likeness (QED) is 0.820. The van der Waals surface area contributed by atoms with Crippen LogP contribution >= 0.6 is 0 Å². The van der Waals surface area contributed by atoms with Gasteiger partial charge in [-0.1, -0.05) is 60.7 Å². The van der Waals surface area contributed by atoms with Crippen LogP contribution in [0.3, 0.4) is 0 Å². The molecule has 2 heteroatoms. The molecule has 1 aliphatic carbocycles. The highest BCUT2D eigenvalue weighted by Gasteiger charge is 2.21. The van der Waals surface area contributed by atoms with Crippen molar-refractivity contribution in [3.8, 4) is 0 Å². The SMILES string of the molecule is C1=CCC=CC(CC(Cc2ccccc2)N2CCOCC2)=C1. The molecule has 1 heterocycles. The van der Waals surface area contributed by atoms with Crippen molar-refractivity contribution in [1.29, 1.82) is 0 Å². The van der Waals surface area contributed by atoms with E-state index in [0.717, 1.165) is 45.6 Å². The van der Waals surface area contributed by atoms with Crippen LogP contribution in [0.15, 0.2) is 66.3 Å². The third kappa shape index (κ3) is 4.43. The van der Waals surface area contributed by atoms with Crippen LogP contribution in [-0.2, 0) is 11.2 Å². The molecule has 0 amide bonds. The molecular weight excluding hydrogens is 270 g/mol. The lowest BCUT2D eigenvalue weighted by Gasteiger charge is -2.35. The normalized spacial score (nSPS) is 20.5. The van der Waals surface area contributed by atoms with Gasteiger partial charge in [-0.25, -0.2) is 0 Å². The Morgan fingerprint density at radius 2 is 1.82 bits per heavy atom. The zero-order valence-electron chi connectivity index (χ0n) is 13.2. The number of rotatable bonds is 5. The van der Waals surface area contributed by atoms with Crippen molar-refractivity contribution < 1.29 is 4.74 Å². The van der Waals surface area contributed by atoms with E-state index in [9.17, 15) is 0 Å². The maximum Gasteiger partial charge on any atom is 0.0594 e. The molecule has 1 fully saturated rings. The van der Waals surface area contributed by atoms with Crippen molar-refractivity contribution in [2.24, 2.45) is 0 Å². The van der Waals surface area contributed by atoms with Crippen molar-refractivity contribution in [3.05, 3.63) is 71.8 Å². The summed E-state index contributed by atoms with van der Waals surface area (Å²) < 4.78 is 5.53. The molecule has 116 valence electrons. The molecule has 1 aromatic rings. The minimum Gasteiger partial charge on any atom is -0.379 e. The molecule has 1 unspecified atom stereocenters. The third-order valence-corrected chi connectivity index (χ3v) is 4.40. The van der Waals surface area contributed by atoms with Crippen LogP contribution in [0.2, 0.25) is 0 Å². The zero-order chi connectivity index (χ0) is 15.0. The van der Waals surface area contributed by atoms with Crippen molar-refractivity contribution >= 4 is 0 Å². The summed E-state index contributed by atoms with van der Waals surface area (Å²) in [5, 5.41) is 0.